The van der Waals surface area contributed by atoms with E-state index in [0.717, 1.165) is 5.56 Å². The summed E-state index contributed by atoms with van der Waals surface area (Å²) in [4.78, 5) is 38.7. The van der Waals surface area contributed by atoms with Crippen LogP contribution in [0.3, 0.4) is 0 Å². The topological polar surface area (TPSA) is 103 Å². The van der Waals surface area contributed by atoms with E-state index in [4.69, 9.17) is 9.47 Å². The molecule has 1 fully saturated rings. The average Bonchev–Trinajstić information content (AvgIpc) is 2.76. The zero-order valence-electron chi connectivity index (χ0n) is 18.0. The molecule has 0 bridgehead atoms. The van der Waals surface area contributed by atoms with Gasteiger partial charge in [0.05, 0.1) is 25.4 Å². The fourth-order valence-corrected chi connectivity index (χ4v) is 3.47. The molecule has 0 spiro atoms. The lowest BCUT2D eigenvalue weighted by molar-refractivity contribution is -0.0586. The van der Waals surface area contributed by atoms with Crippen molar-refractivity contribution in [1.29, 1.82) is 0 Å². The zero-order chi connectivity index (χ0) is 22.4. The van der Waals surface area contributed by atoms with E-state index in [1.54, 1.807) is 17.0 Å². The highest BCUT2D eigenvalue weighted by Crippen LogP contribution is 2.15. The van der Waals surface area contributed by atoms with Crippen molar-refractivity contribution in [3.63, 3.8) is 0 Å². The quantitative estimate of drug-likeness (QED) is 0.708. The second-order valence-electron chi connectivity index (χ2n) is 7.62. The largest absolute Gasteiger partial charge is 0.383 e. The highest BCUT2D eigenvalue weighted by molar-refractivity contribution is 5.94. The number of aromatic nitrogens is 2. The molecule has 3 rings (SSSR count). The Hall–Kier alpha value is -3.04. The Bertz CT molecular complexity index is 963. The van der Waals surface area contributed by atoms with Crippen LogP contribution in [-0.2, 0) is 22.6 Å². The normalized spacial score (nSPS) is 18.6. The number of rotatable bonds is 7. The predicted molar refractivity (Wildman–Crippen MR) is 114 cm³/mol. The van der Waals surface area contributed by atoms with Gasteiger partial charge in [-0.3, -0.25) is 14.4 Å². The van der Waals surface area contributed by atoms with Gasteiger partial charge >= 0.3 is 0 Å². The molecule has 9 heteroatoms. The summed E-state index contributed by atoms with van der Waals surface area (Å²) in [5.74, 6) is -0.414. The van der Waals surface area contributed by atoms with Crippen LogP contribution in [0.4, 0.5) is 0 Å². The molecule has 1 aromatic carbocycles. The summed E-state index contributed by atoms with van der Waals surface area (Å²) in [6.45, 7) is 5.93. The van der Waals surface area contributed by atoms with Gasteiger partial charge in [0.1, 0.15) is 5.69 Å². The lowest BCUT2D eigenvalue weighted by atomic mass is 10.1. The molecule has 0 radical (unpaired) electrons. The average molecular weight is 428 g/mol. The van der Waals surface area contributed by atoms with Gasteiger partial charge in [0, 0.05) is 38.4 Å². The van der Waals surface area contributed by atoms with Gasteiger partial charge < -0.3 is 19.7 Å². The third kappa shape index (κ3) is 5.99. The summed E-state index contributed by atoms with van der Waals surface area (Å²) >= 11 is 0. The van der Waals surface area contributed by atoms with Crippen molar-refractivity contribution >= 4 is 11.8 Å². The molecule has 2 unspecified atom stereocenters. The molecule has 2 amide bonds. The standard InChI is InChI=1S/C22H28N4O5/c1-15-13-25(14-16(2)31-15)22(29)18-6-4-17(5-7-18)12-23-21(28)19-8-9-20(27)26(24-19)10-11-30-3/h4-9,15-16H,10-14H2,1-3H3,(H,23,28). The highest BCUT2D eigenvalue weighted by Gasteiger charge is 2.26. The highest BCUT2D eigenvalue weighted by atomic mass is 16.5. The van der Waals surface area contributed by atoms with Crippen LogP contribution in [0.25, 0.3) is 0 Å². The molecule has 1 N–H and O–H groups in total. The maximum Gasteiger partial charge on any atom is 0.271 e. The van der Waals surface area contributed by atoms with E-state index in [-0.39, 0.29) is 48.4 Å². The summed E-state index contributed by atoms with van der Waals surface area (Å²) in [6.07, 6.45) is 0.0271. The minimum Gasteiger partial charge on any atom is -0.383 e. The van der Waals surface area contributed by atoms with Crippen molar-refractivity contribution < 1.29 is 19.1 Å². The van der Waals surface area contributed by atoms with Crippen LogP contribution in [0.15, 0.2) is 41.2 Å². The van der Waals surface area contributed by atoms with Gasteiger partial charge in [0.2, 0.25) is 0 Å². The smallest absolute Gasteiger partial charge is 0.271 e. The Morgan fingerprint density at radius 1 is 1.13 bits per heavy atom. The Kier molecular flexibility index (Phi) is 7.54. The molecule has 166 valence electrons. The molecule has 2 atom stereocenters. The first-order valence-electron chi connectivity index (χ1n) is 10.3. The summed E-state index contributed by atoms with van der Waals surface area (Å²) in [7, 11) is 1.53. The Morgan fingerprint density at radius 3 is 2.45 bits per heavy atom. The first kappa shape index (κ1) is 22.6. The molecule has 1 aliphatic heterocycles. The van der Waals surface area contributed by atoms with Crippen LogP contribution in [0, 0.1) is 0 Å². The van der Waals surface area contributed by atoms with Crippen molar-refractivity contribution in [2.24, 2.45) is 0 Å². The lowest BCUT2D eigenvalue weighted by Gasteiger charge is -2.35. The number of ether oxygens (including phenoxy) is 2. The molecule has 1 aromatic heterocycles. The van der Waals surface area contributed by atoms with Crippen molar-refractivity contribution in [1.82, 2.24) is 20.0 Å². The fourth-order valence-electron chi connectivity index (χ4n) is 3.47. The molecular formula is C22H28N4O5. The van der Waals surface area contributed by atoms with Gasteiger partial charge in [0.15, 0.2) is 0 Å². The van der Waals surface area contributed by atoms with E-state index >= 15 is 0 Å². The lowest BCUT2D eigenvalue weighted by Crippen LogP contribution is -2.48. The number of carbonyl (C=O) groups excluding carboxylic acids is 2. The van der Waals surface area contributed by atoms with E-state index in [0.29, 0.717) is 25.3 Å². The molecule has 31 heavy (non-hydrogen) atoms. The Morgan fingerprint density at radius 2 is 1.81 bits per heavy atom. The summed E-state index contributed by atoms with van der Waals surface area (Å²) in [6, 6.07) is 9.86. The maximum atomic E-state index is 12.7. The Balaban J connectivity index is 1.58. The molecule has 0 aliphatic carbocycles. The number of nitrogens with one attached hydrogen (secondary N) is 1. The number of carbonyl (C=O) groups is 2. The van der Waals surface area contributed by atoms with Crippen LogP contribution >= 0.6 is 0 Å². The molecule has 1 saturated heterocycles. The number of benzene rings is 1. The minimum atomic E-state index is -0.386. The Labute approximate surface area is 181 Å². The van der Waals surface area contributed by atoms with E-state index in [2.05, 4.69) is 10.4 Å². The first-order valence-corrected chi connectivity index (χ1v) is 10.3. The van der Waals surface area contributed by atoms with Gasteiger partial charge in [-0.1, -0.05) is 12.1 Å². The second-order valence-corrected chi connectivity index (χ2v) is 7.62. The van der Waals surface area contributed by atoms with Crippen LogP contribution in [-0.4, -0.2) is 65.5 Å². The van der Waals surface area contributed by atoms with Crippen LogP contribution < -0.4 is 10.9 Å². The summed E-state index contributed by atoms with van der Waals surface area (Å²) in [5.41, 5.74) is 1.31. The molecule has 0 saturated carbocycles. The van der Waals surface area contributed by atoms with Gasteiger partial charge in [-0.15, -0.1) is 0 Å². The zero-order valence-corrected chi connectivity index (χ0v) is 18.0. The monoisotopic (exact) mass is 428 g/mol. The van der Waals surface area contributed by atoms with Crippen molar-refractivity contribution in [3.05, 3.63) is 63.6 Å². The van der Waals surface area contributed by atoms with Crippen LogP contribution in [0.5, 0.6) is 0 Å². The molecule has 9 nitrogen and oxygen atoms in total. The number of morpholine rings is 1. The van der Waals surface area contributed by atoms with E-state index in [1.165, 1.54) is 23.9 Å². The number of hydrogen-bond acceptors (Lipinski definition) is 6. The molecule has 2 aromatic rings. The predicted octanol–water partition coefficient (Wildman–Crippen LogP) is 1.07. The van der Waals surface area contributed by atoms with Crippen molar-refractivity contribution in [3.8, 4) is 0 Å². The third-order valence-electron chi connectivity index (χ3n) is 4.97. The van der Waals surface area contributed by atoms with Crippen LogP contribution in [0.1, 0.15) is 40.3 Å². The number of methoxy groups -OCH3 is 1. The molecule has 1 aliphatic rings. The van der Waals surface area contributed by atoms with Gasteiger partial charge in [-0.25, -0.2) is 4.68 Å². The summed E-state index contributed by atoms with van der Waals surface area (Å²) < 4.78 is 11.8. The van der Waals surface area contributed by atoms with Gasteiger partial charge in [-0.05, 0) is 37.6 Å². The third-order valence-corrected chi connectivity index (χ3v) is 4.97. The van der Waals surface area contributed by atoms with Crippen LogP contribution in [0.2, 0.25) is 0 Å². The molecule has 2 heterocycles. The second kappa shape index (κ2) is 10.3. The van der Waals surface area contributed by atoms with Gasteiger partial charge in [-0.2, -0.15) is 5.10 Å². The number of nitrogens with zero attached hydrogens (tertiary/aromatic N) is 3. The number of amides is 2. The summed E-state index contributed by atoms with van der Waals surface area (Å²) in [5, 5.41) is 6.86. The van der Waals surface area contributed by atoms with Crippen molar-refractivity contribution in [2.45, 2.75) is 39.1 Å². The SMILES string of the molecule is COCCn1nc(C(=O)NCc2ccc(C(=O)N3CC(C)OC(C)C3)cc2)ccc1=O. The fraction of sp³-hybridized carbons (Fsp3) is 0.455. The molecular weight excluding hydrogens is 400 g/mol. The maximum absolute atomic E-state index is 12.7. The van der Waals surface area contributed by atoms with E-state index in [9.17, 15) is 14.4 Å². The number of hydrogen-bond donors (Lipinski definition) is 1. The van der Waals surface area contributed by atoms with E-state index < -0.39 is 0 Å². The van der Waals surface area contributed by atoms with Crippen molar-refractivity contribution in [2.75, 3.05) is 26.8 Å². The minimum absolute atomic E-state index is 0.0136. The van der Waals surface area contributed by atoms with E-state index in [1.807, 2.05) is 26.0 Å². The van der Waals surface area contributed by atoms with Gasteiger partial charge in [0.25, 0.3) is 17.4 Å². The first-order chi connectivity index (χ1) is 14.9.